The van der Waals surface area contributed by atoms with Crippen LogP contribution in [0.2, 0.25) is 0 Å². The molecule has 0 unspecified atom stereocenters. The highest BCUT2D eigenvalue weighted by Crippen LogP contribution is 0.759. The second-order valence-electron chi connectivity index (χ2n) is 0.0833. The van der Waals surface area contributed by atoms with E-state index < -0.39 is 9.29 Å². The van der Waals surface area contributed by atoms with Crippen LogP contribution in [0.1, 0.15) is 0 Å². The molecule has 0 fully saturated rings. The van der Waals surface area contributed by atoms with Gasteiger partial charge in [0.05, 0.1) is 0 Å². The second kappa shape index (κ2) is 114. The zero-order valence-electron chi connectivity index (χ0n) is 3.97. The van der Waals surface area contributed by atoms with Gasteiger partial charge in [-0.1, -0.05) is 0 Å². The summed E-state index contributed by atoms with van der Waals surface area (Å²) in [5.41, 5.74) is 0. The van der Waals surface area contributed by atoms with Gasteiger partial charge in [-0.05, 0) is 0 Å². The Hall–Kier alpha value is 0.762. The second-order valence-corrected chi connectivity index (χ2v) is 0.250. The lowest BCUT2D eigenvalue weighted by atomic mass is 15.9. The molecule has 6 radical (unpaired) electrons. The summed E-state index contributed by atoms with van der Waals surface area (Å²) in [7, 11) is -1.42. The highest BCUT2D eigenvalue weighted by molar-refractivity contribution is 5.94. The summed E-state index contributed by atoms with van der Waals surface area (Å²) < 4.78 is 16.8. The third kappa shape index (κ3) is 387. The molecule has 0 spiro atoms. The van der Waals surface area contributed by atoms with Crippen molar-refractivity contribution in [2.45, 2.75) is 0 Å². The lowest BCUT2D eigenvalue weighted by Crippen LogP contribution is -1.26. The molecule has 5 nitrogen and oxygen atoms in total. The van der Waals surface area contributed by atoms with Crippen LogP contribution < -0.4 is 0 Å². The normalized spacial score (nSPS) is 1.00. The minimum atomic E-state index is -1.42. The monoisotopic (exact) mass is 168 g/mol. The Morgan fingerprint density at radius 2 is 0.750 bits per heavy atom. The average Bonchev–Trinajstić information content (AvgIpc) is 0.918. The van der Waals surface area contributed by atoms with Crippen molar-refractivity contribution >= 4 is 44.0 Å². The molecule has 0 aliphatic heterocycles. The van der Waals surface area contributed by atoms with E-state index in [0.717, 1.165) is 0 Å². The maximum absolute atomic E-state index is 8.40. The first-order chi connectivity index (χ1) is 1.41. The number of hydrogen-bond donors (Lipinski definition) is 0. The Kier molecular flexibility index (Phi) is 989. The third-order valence-corrected chi connectivity index (χ3v) is 0. The van der Waals surface area contributed by atoms with Gasteiger partial charge in [0.15, 0.2) is 0 Å². The zero-order valence-corrected chi connectivity index (χ0v) is 7.28. The Morgan fingerprint density at radius 3 is 0.750 bits per heavy atom. The lowest BCUT2D eigenvalue weighted by molar-refractivity contribution is 0.497. The maximum Gasteiger partial charge on any atom is 0.549 e. The van der Waals surface area contributed by atoms with Crippen LogP contribution in [-0.4, -0.2) is 60.4 Å². The molecule has 0 aromatic heterocycles. The van der Waals surface area contributed by atoms with E-state index in [4.69, 9.17) is 8.92 Å². The van der Waals surface area contributed by atoms with E-state index in [1.165, 1.54) is 0 Å². The third-order valence-electron chi connectivity index (χ3n) is 0. The van der Waals surface area contributed by atoms with Crippen molar-refractivity contribution in [2.24, 2.45) is 0 Å². The van der Waals surface area contributed by atoms with E-state index in [1.807, 2.05) is 0 Å². The molecule has 0 rings (SSSR count). The summed E-state index contributed by atoms with van der Waals surface area (Å²) >= 11 is 0. The first-order valence-electron chi connectivity index (χ1n) is 0.408. The van der Waals surface area contributed by atoms with E-state index in [1.54, 1.807) is 0 Å². The first kappa shape index (κ1) is 69.2. The number of rotatable bonds is 0. The molecule has 6 N–H and O–H groups in total. The van der Waals surface area contributed by atoms with Gasteiger partial charge in [0, 0.05) is 34.7 Å². The molecule has 0 aliphatic carbocycles. The lowest BCUT2D eigenvalue weighted by Gasteiger charge is -0.944. The minimum absolute atomic E-state index is 0. The minimum Gasteiger partial charge on any atom is -0.412 e. The first-order valence-corrected chi connectivity index (χ1v) is 1.22. The fourth-order valence-electron chi connectivity index (χ4n) is 0. The van der Waals surface area contributed by atoms with Crippen molar-refractivity contribution in [3.63, 3.8) is 0 Å². The summed E-state index contributed by atoms with van der Waals surface area (Å²) in [6.07, 6.45) is 0. The molecule has 0 atom stereocenters. The molecular formula is H6Al2O5Si. The van der Waals surface area contributed by atoms with Gasteiger partial charge >= 0.3 is 9.29 Å². The fraction of sp³-hybridized carbons (Fsp3) is 0. The zero-order chi connectivity index (χ0) is 2.71. The van der Waals surface area contributed by atoms with Crippen LogP contribution in [0.15, 0.2) is 0 Å². The van der Waals surface area contributed by atoms with Gasteiger partial charge in [0.25, 0.3) is 0 Å². The van der Waals surface area contributed by atoms with Crippen LogP contribution in [0.5, 0.6) is 0 Å². The van der Waals surface area contributed by atoms with Gasteiger partial charge in [-0.3, -0.25) is 8.92 Å². The van der Waals surface area contributed by atoms with Gasteiger partial charge < -0.3 is 16.4 Å². The van der Waals surface area contributed by atoms with Crippen molar-refractivity contribution in [1.29, 1.82) is 0 Å². The Bertz CT molecular complexity index is 31.4. The van der Waals surface area contributed by atoms with Crippen molar-refractivity contribution in [3.8, 4) is 0 Å². The van der Waals surface area contributed by atoms with Gasteiger partial charge in [-0.15, -0.1) is 0 Å². The standard InChI is InChI=1S/2Al.O2Si.3H2O/c;;1-3-2;;;/h;;;3*1H2. The molecule has 0 amide bonds. The Labute approximate surface area is 69.6 Å². The smallest absolute Gasteiger partial charge is 0.412 e. The van der Waals surface area contributed by atoms with Gasteiger partial charge in [-0.25, -0.2) is 0 Å². The molecule has 0 aromatic rings. The summed E-state index contributed by atoms with van der Waals surface area (Å²) in [5.74, 6) is 0. The fourth-order valence-corrected chi connectivity index (χ4v) is 0. The number of hydrogen-bond acceptors (Lipinski definition) is 2. The van der Waals surface area contributed by atoms with Crippen molar-refractivity contribution < 1.29 is 25.4 Å². The molecule has 46 valence electrons. The quantitative estimate of drug-likeness (QED) is 0.343. The van der Waals surface area contributed by atoms with E-state index in [0.29, 0.717) is 0 Å². The van der Waals surface area contributed by atoms with Gasteiger partial charge in [-0.2, -0.15) is 0 Å². The van der Waals surface area contributed by atoms with Crippen molar-refractivity contribution in [3.05, 3.63) is 0 Å². The summed E-state index contributed by atoms with van der Waals surface area (Å²) in [6.45, 7) is 0. The predicted octanol–water partition coefficient (Wildman–Crippen LogP) is -3.85. The van der Waals surface area contributed by atoms with E-state index in [2.05, 4.69) is 0 Å². The summed E-state index contributed by atoms with van der Waals surface area (Å²) in [5, 5.41) is 0. The average molecular weight is 168 g/mol. The maximum atomic E-state index is 8.40. The van der Waals surface area contributed by atoms with E-state index in [9.17, 15) is 0 Å². The molecule has 0 bridgehead atoms. The molecule has 0 aromatic carbocycles. The SMILES string of the molecule is O.O.O.O=[Si]=O.[Al].[Al]. The van der Waals surface area contributed by atoms with E-state index >= 15 is 0 Å². The van der Waals surface area contributed by atoms with Crippen LogP contribution >= 0.6 is 0 Å². The highest BCUT2D eigenvalue weighted by Gasteiger charge is 1.22. The van der Waals surface area contributed by atoms with Crippen LogP contribution in [0.4, 0.5) is 0 Å². The molecule has 0 saturated heterocycles. The molecule has 0 heterocycles. The van der Waals surface area contributed by atoms with Crippen LogP contribution in [0, 0.1) is 0 Å². The highest BCUT2D eigenvalue weighted by atomic mass is 28.2. The summed E-state index contributed by atoms with van der Waals surface area (Å²) in [4.78, 5) is 0. The van der Waals surface area contributed by atoms with E-state index in [-0.39, 0.29) is 51.2 Å². The molecular weight excluding hydrogens is 162 g/mol. The Morgan fingerprint density at radius 1 is 0.750 bits per heavy atom. The Balaban J connectivity index is -0.00000000200. The van der Waals surface area contributed by atoms with Gasteiger partial charge in [0.2, 0.25) is 0 Å². The van der Waals surface area contributed by atoms with Crippen LogP contribution in [0.25, 0.3) is 0 Å². The summed E-state index contributed by atoms with van der Waals surface area (Å²) in [6, 6.07) is 0. The van der Waals surface area contributed by atoms with Gasteiger partial charge in [0.1, 0.15) is 0 Å². The molecule has 8 heavy (non-hydrogen) atoms. The molecule has 0 saturated carbocycles. The van der Waals surface area contributed by atoms with Crippen LogP contribution in [0.3, 0.4) is 0 Å². The molecule has 8 heteroatoms. The topological polar surface area (TPSA) is 129 Å². The largest absolute Gasteiger partial charge is 0.549 e. The van der Waals surface area contributed by atoms with Crippen molar-refractivity contribution in [1.82, 2.24) is 0 Å². The van der Waals surface area contributed by atoms with Crippen LogP contribution in [-0.2, 0) is 8.92 Å². The van der Waals surface area contributed by atoms with Crippen molar-refractivity contribution in [2.75, 3.05) is 0 Å². The predicted molar refractivity (Wildman–Crippen MR) is 29.5 cm³/mol. The molecule has 0 aliphatic rings.